The lowest BCUT2D eigenvalue weighted by Gasteiger charge is -2.38. The van der Waals surface area contributed by atoms with E-state index in [2.05, 4.69) is 11.8 Å². The maximum Gasteiger partial charge on any atom is 0.0639 e. The second-order valence-electron chi connectivity index (χ2n) is 4.33. The molecule has 0 aromatic carbocycles. The molecule has 3 nitrogen and oxygen atoms in total. The number of hydrogen-bond donors (Lipinski definition) is 2. The van der Waals surface area contributed by atoms with E-state index >= 15 is 0 Å². The smallest absolute Gasteiger partial charge is 0.0639 e. The van der Waals surface area contributed by atoms with E-state index in [1.54, 1.807) is 0 Å². The van der Waals surface area contributed by atoms with Gasteiger partial charge in [0.2, 0.25) is 0 Å². The first-order chi connectivity index (χ1) is 6.13. The summed E-state index contributed by atoms with van der Waals surface area (Å²) in [6, 6.07) is 0.609. The van der Waals surface area contributed by atoms with Gasteiger partial charge in [0.25, 0.3) is 0 Å². The number of hydrogen-bond acceptors (Lipinski definition) is 3. The van der Waals surface area contributed by atoms with Gasteiger partial charge in [-0.1, -0.05) is 0 Å². The Labute approximate surface area is 80.9 Å². The molecule has 0 aromatic heterocycles. The lowest BCUT2D eigenvalue weighted by molar-refractivity contribution is 0.0632. The molecule has 1 aliphatic rings. The summed E-state index contributed by atoms with van der Waals surface area (Å²) in [5.74, 6) is 0.634. The second kappa shape index (κ2) is 4.94. The molecule has 1 saturated heterocycles. The minimum absolute atomic E-state index is 0.223. The molecule has 0 spiro atoms. The average molecular weight is 186 g/mol. The van der Waals surface area contributed by atoms with Gasteiger partial charge in [-0.2, -0.15) is 0 Å². The molecule has 0 aromatic rings. The van der Waals surface area contributed by atoms with Crippen LogP contribution in [0, 0.1) is 5.92 Å². The summed E-state index contributed by atoms with van der Waals surface area (Å²) in [6.45, 7) is 6.71. The van der Waals surface area contributed by atoms with Crippen molar-refractivity contribution in [2.45, 2.75) is 38.8 Å². The van der Waals surface area contributed by atoms with Crippen LogP contribution < -0.4 is 5.73 Å². The highest BCUT2D eigenvalue weighted by atomic mass is 16.3. The molecule has 0 bridgehead atoms. The van der Waals surface area contributed by atoms with Gasteiger partial charge in [0.1, 0.15) is 0 Å². The Morgan fingerprint density at radius 1 is 1.54 bits per heavy atom. The van der Waals surface area contributed by atoms with E-state index in [4.69, 9.17) is 5.73 Å². The maximum absolute atomic E-state index is 9.31. The van der Waals surface area contributed by atoms with E-state index in [1.165, 1.54) is 12.8 Å². The Bertz CT molecular complexity index is 150. The fourth-order valence-corrected chi connectivity index (χ4v) is 2.05. The van der Waals surface area contributed by atoms with Crippen LogP contribution in [0.3, 0.4) is 0 Å². The summed E-state index contributed by atoms with van der Waals surface area (Å²) in [5, 5.41) is 9.31. The van der Waals surface area contributed by atoms with E-state index in [1.807, 2.05) is 6.92 Å². The molecule has 78 valence electrons. The van der Waals surface area contributed by atoms with E-state index in [9.17, 15) is 5.11 Å². The molecule has 3 N–H and O–H groups in total. The molecule has 3 atom stereocenters. The molecular formula is C10H22N2O. The van der Waals surface area contributed by atoms with E-state index in [0.29, 0.717) is 12.0 Å². The fraction of sp³-hybridized carbons (Fsp3) is 1.00. The first-order valence-corrected chi connectivity index (χ1v) is 5.25. The number of nitrogens with two attached hydrogens (primary N) is 1. The summed E-state index contributed by atoms with van der Waals surface area (Å²) in [6.07, 6.45) is 2.24. The van der Waals surface area contributed by atoms with Crippen molar-refractivity contribution in [1.82, 2.24) is 4.90 Å². The van der Waals surface area contributed by atoms with Gasteiger partial charge in [-0.15, -0.1) is 0 Å². The largest absolute Gasteiger partial charge is 0.392 e. The summed E-state index contributed by atoms with van der Waals surface area (Å²) >= 11 is 0. The normalized spacial score (nSPS) is 33.2. The molecule has 1 heterocycles. The Kier molecular flexibility index (Phi) is 4.16. The van der Waals surface area contributed by atoms with Gasteiger partial charge in [-0.3, -0.25) is 4.90 Å². The molecular weight excluding hydrogens is 164 g/mol. The van der Waals surface area contributed by atoms with Crippen LogP contribution in [0.1, 0.15) is 26.7 Å². The van der Waals surface area contributed by atoms with Crippen molar-refractivity contribution in [3.05, 3.63) is 0 Å². The summed E-state index contributed by atoms with van der Waals surface area (Å²) < 4.78 is 0. The molecule has 1 aliphatic heterocycles. The molecule has 0 amide bonds. The number of piperidine rings is 1. The predicted molar refractivity (Wildman–Crippen MR) is 54.5 cm³/mol. The number of aliphatic hydroxyl groups is 1. The molecule has 3 heteroatoms. The first-order valence-electron chi connectivity index (χ1n) is 5.25. The van der Waals surface area contributed by atoms with Crippen molar-refractivity contribution in [2.75, 3.05) is 19.6 Å². The van der Waals surface area contributed by atoms with E-state index < -0.39 is 0 Å². The third kappa shape index (κ3) is 3.25. The lowest BCUT2D eigenvalue weighted by Crippen LogP contribution is -2.46. The molecule has 1 fully saturated rings. The predicted octanol–water partition coefficient (Wildman–Crippen LogP) is 0.426. The molecule has 2 unspecified atom stereocenters. The van der Waals surface area contributed by atoms with Crippen LogP contribution >= 0.6 is 0 Å². The summed E-state index contributed by atoms with van der Waals surface area (Å²) in [4.78, 5) is 2.35. The van der Waals surface area contributed by atoms with Crippen LogP contribution in [0.15, 0.2) is 0 Å². The van der Waals surface area contributed by atoms with Gasteiger partial charge in [-0.05, 0) is 39.2 Å². The minimum atomic E-state index is -0.223. The lowest BCUT2D eigenvalue weighted by atomic mass is 9.93. The van der Waals surface area contributed by atoms with Crippen LogP contribution in [-0.4, -0.2) is 41.8 Å². The molecule has 0 radical (unpaired) electrons. The summed E-state index contributed by atoms with van der Waals surface area (Å²) in [7, 11) is 0. The van der Waals surface area contributed by atoms with Crippen molar-refractivity contribution in [2.24, 2.45) is 11.7 Å². The molecule has 0 saturated carbocycles. The molecule has 1 rings (SSSR count). The average Bonchev–Trinajstić information content (AvgIpc) is 2.08. The zero-order chi connectivity index (χ0) is 9.84. The van der Waals surface area contributed by atoms with Crippen molar-refractivity contribution in [3.8, 4) is 0 Å². The SMILES string of the molecule is CC1CCC(CN)CN1C[C@H](C)O. The van der Waals surface area contributed by atoms with Crippen molar-refractivity contribution in [3.63, 3.8) is 0 Å². The van der Waals surface area contributed by atoms with Gasteiger partial charge in [0.05, 0.1) is 6.10 Å². The number of β-amino-alcohol motifs (C(OH)–C–C–N with tert-alkyl or cyclic N) is 1. The quantitative estimate of drug-likeness (QED) is 0.672. The van der Waals surface area contributed by atoms with Crippen LogP contribution in [-0.2, 0) is 0 Å². The van der Waals surface area contributed by atoms with Crippen molar-refractivity contribution >= 4 is 0 Å². The molecule has 0 aliphatic carbocycles. The summed E-state index contributed by atoms with van der Waals surface area (Å²) in [5.41, 5.74) is 5.65. The highest BCUT2D eigenvalue weighted by molar-refractivity contribution is 4.80. The van der Waals surface area contributed by atoms with Gasteiger partial charge >= 0.3 is 0 Å². The van der Waals surface area contributed by atoms with Crippen LogP contribution in [0.2, 0.25) is 0 Å². The Morgan fingerprint density at radius 3 is 2.77 bits per heavy atom. The fourth-order valence-electron chi connectivity index (χ4n) is 2.05. The van der Waals surface area contributed by atoms with E-state index in [0.717, 1.165) is 19.6 Å². The van der Waals surface area contributed by atoms with Gasteiger partial charge in [-0.25, -0.2) is 0 Å². The number of nitrogens with zero attached hydrogens (tertiary/aromatic N) is 1. The van der Waals surface area contributed by atoms with E-state index in [-0.39, 0.29) is 6.10 Å². The van der Waals surface area contributed by atoms with Crippen molar-refractivity contribution in [1.29, 1.82) is 0 Å². The Hall–Kier alpha value is -0.120. The van der Waals surface area contributed by atoms with Crippen molar-refractivity contribution < 1.29 is 5.11 Å². The zero-order valence-corrected chi connectivity index (χ0v) is 8.74. The van der Waals surface area contributed by atoms with Crippen LogP contribution in [0.5, 0.6) is 0 Å². The Balaban J connectivity index is 2.40. The maximum atomic E-state index is 9.31. The van der Waals surface area contributed by atoms with Crippen LogP contribution in [0.25, 0.3) is 0 Å². The number of aliphatic hydroxyl groups excluding tert-OH is 1. The third-order valence-electron chi connectivity index (χ3n) is 2.94. The standard InChI is InChI=1S/C10H22N2O/c1-8-3-4-10(5-11)7-12(8)6-9(2)13/h8-10,13H,3-7,11H2,1-2H3/t8?,9-,10?/m0/s1. The number of rotatable bonds is 3. The highest BCUT2D eigenvalue weighted by Crippen LogP contribution is 2.20. The second-order valence-corrected chi connectivity index (χ2v) is 4.33. The third-order valence-corrected chi connectivity index (χ3v) is 2.94. The Morgan fingerprint density at radius 2 is 2.23 bits per heavy atom. The zero-order valence-electron chi connectivity index (χ0n) is 8.74. The van der Waals surface area contributed by atoms with Crippen LogP contribution in [0.4, 0.5) is 0 Å². The highest BCUT2D eigenvalue weighted by Gasteiger charge is 2.24. The minimum Gasteiger partial charge on any atom is -0.392 e. The first kappa shape index (κ1) is 11.0. The van der Waals surface area contributed by atoms with Gasteiger partial charge in [0, 0.05) is 19.1 Å². The monoisotopic (exact) mass is 186 g/mol. The van der Waals surface area contributed by atoms with Gasteiger partial charge < -0.3 is 10.8 Å². The van der Waals surface area contributed by atoms with Gasteiger partial charge in [0.15, 0.2) is 0 Å². The topological polar surface area (TPSA) is 49.5 Å². The number of likely N-dealkylation sites (tertiary alicyclic amines) is 1. The molecule has 13 heavy (non-hydrogen) atoms.